The lowest BCUT2D eigenvalue weighted by molar-refractivity contribution is 0.410. The first-order valence-electron chi connectivity index (χ1n) is 6.62. The number of methoxy groups -OCH3 is 1. The van der Waals surface area contributed by atoms with E-state index in [9.17, 15) is 4.39 Å². The minimum Gasteiger partial charge on any atom is -0.496 e. The molecule has 0 radical (unpaired) electrons. The Morgan fingerprint density at radius 3 is 2.67 bits per heavy atom. The number of hydrogen-bond donors (Lipinski definition) is 1. The van der Waals surface area contributed by atoms with Crippen LogP contribution in [0, 0.1) is 31.0 Å². The molecule has 4 heteroatoms. The lowest BCUT2D eigenvalue weighted by Gasteiger charge is -2.14. The first-order valence-corrected chi connectivity index (χ1v) is 6.62. The zero-order valence-corrected chi connectivity index (χ0v) is 12.3. The minimum atomic E-state index is -0.382. The van der Waals surface area contributed by atoms with Gasteiger partial charge in [0.25, 0.3) is 0 Å². The van der Waals surface area contributed by atoms with Crippen molar-refractivity contribution in [3.05, 3.63) is 58.4 Å². The lowest BCUT2D eigenvalue weighted by Crippen LogP contribution is -2.04. The van der Waals surface area contributed by atoms with Gasteiger partial charge in [0.2, 0.25) is 0 Å². The summed E-state index contributed by atoms with van der Waals surface area (Å²) < 4.78 is 19.1. The summed E-state index contributed by atoms with van der Waals surface area (Å²) in [7, 11) is 1.62. The third-order valence-corrected chi connectivity index (χ3v) is 3.38. The summed E-state index contributed by atoms with van der Waals surface area (Å²) in [4.78, 5) is 0. The van der Waals surface area contributed by atoms with Crippen molar-refractivity contribution in [2.75, 3.05) is 12.4 Å². The monoisotopic (exact) mass is 284 g/mol. The van der Waals surface area contributed by atoms with Gasteiger partial charge in [0.1, 0.15) is 11.6 Å². The Kier molecular flexibility index (Phi) is 4.44. The summed E-state index contributed by atoms with van der Waals surface area (Å²) in [6.45, 7) is 4.19. The highest BCUT2D eigenvalue weighted by Gasteiger charge is 2.08. The van der Waals surface area contributed by atoms with E-state index in [-0.39, 0.29) is 5.82 Å². The van der Waals surface area contributed by atoms with Crippen LogP contribution < -0.4 is 10.1 Å². The van der Waals surface area contributed by atoms with E-state index in [0.717, 1.165) is 16.9 Å². The molecule has 0 atom stereocenters. The molecule has 0 fully saturated rings. The highest BCUT2D eigenvalue weighted by molar-refractivity contribution is 5.56. The number of benzene rings is 2. The van der Waals surface area contributed by atoms with Crippen LogP contribution in [0.3, 0.4) is 0 Å². The molecule has 0 amide bonds. The van der Waals surface area contributed by atoms with Gasteiger partial charge in [-0.1, -0.05) is 17.7 Å². The summed E-state index contributed by atoms with van der Waals surface area (Å²) in [5.74, 6) is 0.399. The first-order chi connectivity index (χ1) is 10.0. The van der Waals surface area contributed by atoms with Gasteiger partial charge in [0.05, 0.1) is 18.7 Å². The van der Waals surface area contributed by atoms with Crippen LogP contribution in [0.25, 0.3) is 0 Å². The van der Waals surface area contributed by atoms with E-state index in [4.69, 9.17) is 10.00 Å². The van der Waals surface area contributed by atoms with E-state index in [2.05, 4.69) is 5.32 Å². The summed E-state index contributed by atoms with van der Waals surface area (Å²) in [6.07, 6.45) is 0. The van der Waals surface area contributed by atoms with E-state index in [1.165, 1.54) is 6.07 Å². The van der Waals surface area contributed by atoms with Gasteiger partial charge >= 0.3 is 0 Å². The number of hydrogen-bond acceptors (Lipinski definition) is 3. The predicted molar refractivity (Wildman–Crippen MR) is 80.9 cm³/mol. The Balaban J connectivity index is 2.26. The quantitative estimate of drug-likeness (QED) is 0.925. The van der Waals surface area contributed by atoms with Crippen LogP contribution in [0.4, 0.5) is 10.1 Å². The minimum absolute atomic E-state index is 0.303. The maximum Gasteiger partial charge on any atom is 0.129 e. The number of anilines is 1. The third kappa shape index (κ3) is 3.32. The first kappa shape index (κ1) is 14.9. The summed E-state index contributed by atoms with van der Waals surface area (Å²) in [6, 6.07) is 10.8. The Morgan fingerprint density at radius 2 is 2.00 bits per heavy atom. The summed E-state index contributed by atoms with van der Waals surface area (Å²) in [5.41, 5.74) is 3.54. The van der Waals surface area contributed by atoms with E-state index < -0.39 is 0 Å². The van der Waals surface area contributed by atoms with Crippen molar-refractivity contribution in [2.24, 2.45) is 0 Å². The molecule has 0 spiro atoms. The molecule has 1 N–H and O–H groups in total. The van der Waals surface area contributed by atoms with Crippen molar-refractivity contribution in [1.82, 2.24) is 0 Å². The van der Waals surface area contributed by atoms with Crippen LogP contribution in [0.5, 0.6) is 5.75 Å². The third-order valence-electron chi connectivity index (χ3n) is 3.38. The normalized spacial score (nSPS) is 10.0. The molecule has 3 nitrogen and oxygen atoms in total. The largest absolute Gasteiger partial charge is 0.496 e. The molecule has 0 aliphatic heterocycles. The molecule has 0 saturated carbocycles. The fourth-order valence-electron chi connectivity index (χ4n) is 2.16. The van der Waals surface area contributed by atoms with E-state index in [0.29, 0.717) is 23.4 Å². The number of ether oxygens (including phenoxy) is 1. The second-order valence-electron chi connectivity index (χ2n) is 4.91. The molecule has 0 aliphatic carbocycles. The average molecular weight is 284 g/mol. The number of halogens is 1. The van der Waals surface area contributed by atoms with Crippen molar-refractivity contribution in [3.8, 4) is 11.8 Å². The summed E-state index contributed by atoms with van der Waals surface area (Å²) in [5, 5.41) is 12.1. The van der Waals surface area contributed by atoms with Crippen LogP contribution in [0.2, 0.25) is 0 Å². The second kappa shape index (κ2) is 6.27. The number of nitrogens with zero attached hydrogens (tertiary/aromatic N) is 1. The Hall–Kier alpha value is -2.54. The molecule has 0 heterocycles. The predicted octanol–water partition coefficient (Wildman–Crippen LogP) is 3.93. The molecule has 2 rings (SSSR count). The van der Waals surface area contributed by atoms with Crippen molar-refractivity contribution in [2.45, 2.75) is 20.4 Å². The molecule has 0 bridgehead atoms. The molecule has 0 aromatic heterocycles. The molecule has 0 saturated heterocycles. The Bertz CT molecular complexity index is 705. The standard InChI is InChI=1S/C17H17FN2O/c1-11-4-5-17(21-3)14(6-11)10-20-16-8-13(9-19)7-15(18)12(16)2/h4-8,20H,10H2,1-3H3. The van der Waals surface area contributed by atoms with Gasteiger partial charge in [-0.25, -0.2) is 4.39 Å². The highest BCUT2D eigenvalue weighted by atomic mass is 19.1. The number of aryl methyl sites for hydroxylation is 1. The molecular formula is C17H17FN2O. The van der Waals surface area contributed by atoms with E-state index >= 15 is 0 Å². The van der Waals surface area contributed by atoms with Gasteiger partial charge in [-0.2, -0.15) is 5.26 Å². The van der Waals surface area contributed by atoms with Crippen LogP contribution >= 0.6 is 0 Å². The van der Waals surface area contributed by atoms with Crippen LogP contribution in [0.1, 0.15) is 22.3 Å². The number of rotatable bonds is 4. The maximum absolute atomic E-state index is 13.7. The van der Waals surface area contributed by atoms with Gasteiger partial charge in [-0.15, -0.1) is 0 Å². The van der Waals surface area contributed by atoms with Gasteiger partial charge < -0.3 is 10.1 Å². The molecular weight excluding hydrogens is 267 g/mol. The van der Waals surface area contributed by atoms with E-state index in [1.54, 1.807) is 20.1 Å². The van der Waals surface area contributed by atoms with Crippen LogP contribution in [-0.4, -0.2) is 7.11 Å². The van der Waals surface area contributed by atoms with Crippen molar-refractivity contribution in [1.29, 1.82) is 5.26 Å². The fraction of sp³-hybridized carbons (Fsp3) is 0.235. The van der Waals surface area contributed by atoms with Crippen molar-refractivity contribution >= 4 is 5.69 Å². The zero-order chi connectivity index (χ0) is 15.4. The van der Waals surface area contributed by atoms with Gasteiger partial charge in [0, 0.05) is 23.4 Å². The van der Waals surface area contributed by atoms with Gasteiger partial charge in [0.15, 0.2) is 0 Å². The van der Waals surface area contributed by atoms with Crippen LogP contribution in [0.15, 0.2) is 30.3 Å². The molecule has 2 aromatic carbocycles. The Labute approximate surface area is 124 Å². The molecule has 2 aromatic rings. The molecule has 0 unspecified atom stereocenters. The molecule has 21 heavy (non-hydrogen) atoms. The lowest BCUT2D eigenvalue weighted by atomic mass is 10.1. The number of nitriles is 1. The van der Waals surface area contributed by atoms with Crippen LogP contribution in [-0.2, 0) is 6.54 Å². The molecule has 108 valence electrons. The van der Waals surface area contributed by atoms with E-state index in [1.807, 2.05) is 31.2 Å². The molecule has 0 aliphatic rings. The smallest absolute Gasteiger partial charge is 0.129 e. The SMILES string of the molecule is COc1ccc(C)cc1CNc1cc(C#N)cc(F)c1C. The zero-order valence-electron chi connectivity index (χ0n) is 12.3. The maximum atomic E-state index is 13.7. The summed E-state index contributed by atoms with van der Waals surface area (Å²) >= 11 is 0. The van der Waals surface area contributed by atoms with Crippen molar-refractivity contribution in [3.63, 3.8) is 0 Å². The average Bonchev–Trinajstić information content (AvgIpc) is 2.48. The Morgan fingerprint density at radius 1 is 1.24 bits per heavy atom. The van der Waals surface area contributed by atoms with Gasteiger partial charge in [-0.3, -0.25) is 0 Å². The topological polar surface area (TPSA) is 45.0 Å². The van der Waals surface area contributed by atoms with Crippen molar-refractivity contribution < 1.29 is 9.13 Å². The fourth-order valence-corrected chi connectivity index (χ4v) is 2.16. The second-order valence-corrected chi connectivity index (χ2v) is 4.91. The number of nitrogens with one attached hydrogen (secondary N) is 1. The van der Waals surface area contributed by atoms with Gasteiger partial charge in [-0.05, 0) is 32.0 Å². The highest BCUT2D eigenvalue weighted by Crippen LogP contribution is 2.24.